The SMILES string of the molecule is CC1=CC(c2cccc3c2oc2ccc(-n4c5ccccc5c5ccccc54)cc23)CC=C1. The van der Waals surface area contributed by atoms with Crippen molar-refractivity contribution in [3.63, 3.8) is 0 Å². The van der Waals surface area contributed by atoms with Gasteiger partial charge in [0.15, 0.2) is 0 Å². The van der Waals surface area contributed by atoms with Crippen molar-refractivity contribution < 1.29 is 4.42 Å². The number of hydrogen-bond acceptors (Lipinski definition) is 1. The molecule has 7 rings (SSSR count). The number of nitrogens with zero attached hydrogens (tertiary/aromatic N) is 1. The molecule has 1 aliphatic carbocycles. The minimum atomic E-state index is 0.357. The lowest BCUT2D eigenvalue weighted by Crippen LogP contribution is -1.98. The summed E-state index contributed by atoms with van der Waals surface area (Å²) in [5.41, 5.74) is 8.13. The maximum absolute atomic E-state index is 6.46. The molecule has 158 valence electrons. The molecule has 4 aromatic carbocycles. The summed E-state index contributed by atoms with van der Waals surface area (Å²) in [7, 11) is 0. The number of hydrogen-bond donors (Lipinski definition) is 0. The summed E-state index contributed by atoms with van der Waals surface area (Å²) in [6.45, 7) is 2.17. The van der Waals surface area contributed by atoms with Crippen molar-refractivity contribution in [2.24, 2.45) is 0 Å². The van der Waals surface area contributed by atoms with Gasteiger partial charge in [0, 0.05) is 38.7 Å². The number of aromatic nitrogens is 1. The van der Waals surface area contributed by atoms with Crippen LogP contribution < -0.4 is 0 Å². The molecule has 0 saturated heterocycles. The molecule has 1 aliphatic rings. The van der Waals surface area contributed by atoms with Gasteiger partial charge in [-0.15, -0.1) is 0 Å². The molecular formula is C31H23NO. The molecule has 2 heteroatoms. The molecule has 0 spiro atoms. The fourth-order valence-electron chi connectivity index (χ4n) is 5.50. The Morgan fingerprint density at radius 3 is 2.24 bits per heavy atom. The van der Waals surface area contributed by atoms with Gasteiger partial charge in [0.05, 0.1) is 11.0 Å². The molecule has 0 saturated carbocycles. The van der Waals surface area contributed by atoms with Crippen molar-refractivity contribution >= 4 is 43.7 Å². The normalized spacial score (nSPS) is 16.3. The summed E-state index contributed by atoms with van der Waals surface area (Å²) in [4.78, 5) is 0. The van der Waals surface area contributed by atoms with Crippen LogP contribution in [0.3, 0.4) is 0 Å². The van der Waals surface area contributed by atoms with Gasteiger partial charge in [-0.2, -0.15) is 0 Å². The Kier molecular flexibility index (Phi) is 3.92. The molecule has 1 atom stereocenters. The lowest BCUT2D eigenvalue weighted by Gasteiger charge is -2.15. The summed E-state index contributed by atoms with van der Waals surface area (Å²) >= 11 is 0. The van der Waals surface area contributed by atoms with Crippen molar-refractivity contribution in [3.05, 3.63) is 114 Å². The van der Waals surface area contributed by atoms with E-state index in [1.807, 2.05) is 0 Å². The fourth-order valence-corrected chi connectivity index (χ4v) is 5.50. The highest BCUT2D eigenvalue weighted by molar-refractivity contribution is 6.10. The number of para-hydroxylation sites is 3. The lowest BCUT2D eigenvalue weighted by molar-refractivity contribution is 0.657. The quantitative estimate of drug-likeness (QED) is 0.271. The number of rotatable bonds is 2. The third-order valence-electron chi connectivity index (χ3n) is 6.98. The van der Waals surface area contributed by atoms with E-state index in [-0.39, 0.29) is 0 Å². The number of fused-ring (bicyclic) bond motifs is 6. The summed E-state index contributed by atoms with van der Waals surface area (Å²) in [5.74, 6) is 0.357. The average Bonchev–Trinajstić information content (AvgIpc) is 3.39. The van der Waals surface area contributed by atoms with E-state index < -0.39 is 0 Å². The summed E-state index contributed by atoms with van der Waals surface area (Å²) in [6.07, 6.45) is 7.83. The van der Waals surface area contributed by atoms with Crippen molar-refractivity contribution in [2.45, 2.75) is 19.3 Å². The molecule has 0 radical (unpaired) electrons. The van der Waals surface area contributed by atoms with E-state index in [4.69, 9.17) is 4.42 Å². The molecule has 2 aromatic heterocycles. The van der Waals surface area contributed by atoms with Crippen LogP contribution in [-0.4, -0.2) is 4.57 Å². The molecule has 2 nitrogen and oxygen atoms in total. The second-order valence-corrected chi connectivity index (χ2v) is 9.03. The summed E-state index contributed by atoms with van der Waals surface area (Å²) < 4.78 is 8.82. The van der Waals surface area contributed by atoms with Crippen LogP contribution in [-0.2, 0) is 0 Å². The molecule has 0 fully saturated rings. The van der Waals surface area contributed by atoms with Crippen LogP contribution in [0.25, 0.3) is 49.4 Å². The van der Waals surface area contributed by atoms with Crippen LogP contribution in [0.15, 0.2) is 113 Å². The summed E-state index contributed by atoms with van der Waals surface area (Å²) in [5, 5.41) is 4.91. The molecule has 1 unspecified atom stereocenters. The Morgan fingerprint density at radius 1 is 0.758 bits per heavy atom. The Bertz CT molecular complexity index is 1710. The smallest absolute Gasteiger partial charge is 0.139 e. The van der Waals surface area contributed by atoms with Crippen LogP contribution in [0.1, 0.15) is 24.8 Å². The van der Waals surface area contributed by atoms with Crippen LogP contribution in [0.2, 0.25) is 0 Å². The highest BCUT2D eigenvalue weighted by Crippen LogP contribution is 2.39. The van der Waals surface area contributed by atoms with Gasteiger partial charge in [-0.05, 0) is 43.7 Å². The standard InChI is InChI=1S/C31H23NO/c1-20-8-6-9-21(18-20)23-12-7-13-26-27-19-22(16-17-30(27)33-31(23)26)32-28-14-4-2-10-24(28)25-11-3-5-15-29(25)32/h2-8,10-19,21H,9H2,1H3. The highest BCUT2D eigenvalue weighted by atomic mass is 16.3. The second-order valence-electron chi connectivity index (χ2n) is 9.03. The maximum Gasteiger partial charge on any atom is 0.139 e. The van der Waals surface area contributed by atoms with E-state index in [0.717, 1.165) is 23.3 Å². The van der Waals surface area contributed by atoms with E-state index >= 15 is 0 Å². The first-order valence-electron chi connectivity index (χ1n) is 11.6. The Hall–Kier alpha value is -4.04. The monoisotopic (exact) mass is 425 g/mol. The number of allylic oxidation sites excluding steroid dienone is 4. The molecule has 0 bridgehead atoms. The lowest BCUT2D eigenvalue weighted by atomic mass is 9.89. The zero-order valence-electron chi connectivity index (χ0n) is 18.5. The van der Waals surface area contributed by atoms with Gasteiger partial charge in [0.2, 0.25) is 0 Å². The predicted octanol–water partition coefficient (Wildman–Crippen LogP) is 8.67. The third kappa shape index (κ3) is 2.74. The van der Waals surface area contributed by atoms with E-state index in [2.05, 4.69) is 115 Å². The van der Waals surface area contributed by atoms with Crippen LogP contribution >= 0.6 is 0 Å². The van der Waals surface area contributed by atoms with Crippen LogP contribution in [0.4, 0.5) is 0 Å². The number of furan rings is 1. The molecule has 2 heterocycles. The van der Waals surface area contributed by atoms with Crippen molar-refractivity contribution in [2.75, 3.05) is 0 Å². The van der Waals surface area contributed by atoms with Gasteiger partial charge in [-0.1, -0.05) is 78.4 Å². The molecule has 0 N–H and O–H groups in total. The minimum absolute atomic E-state index is 0.357. The zero-order chi connectivity index (χ0) is 21.9. The maximum atomic E-state index is 6.46. The molecule has 0 aliphatic heterocycles. The Labute approximate surface area is 192 Å². The predicted molar refractivity (Wildman–Crippen MR) is 138 cm³/mol. The van der Waals surface area contributed by atoms with Gasteiger partial charge in [-0.25, -0.2) is 0 Å². The topological polar surface area (TPSA) is 18.1 Å². The van der Waals surface area contributed by atoms with Crippen molar-refractivity contribution in [1.82, 2.24) is 4.57 Å². The molecule has 6 aromatic rings. The van der Waals surface area contributed by atoms with Gasteiger partial charge < -0.3 is 8.98 Å². The molecule has 33 heavy (non-hydrogen) atoms. The summed E-state index contributed by atoms with van der Waals surface area (Å²) in [6, 6.07) is 30.4. The van der Waals surface area contributed by atoms with Crippen molar-refractivity contribution in [1.29, 1.82) is 0 Å². The number of benzene rings is 4. The van der Waals surface area contributed by atoms with Gasteiger partial charge in [-0.3, -0.25) is 0 Å². The van der Waals surface area contributed by atoms with Crippen molar-refractivity contribution in [3.8, 4) is 5.69 Å². The zero-order valence-corrected chi connectivity index (χ0v) is 18.5. The van der Waals surface area contributed by atoms with Crippen LogP contribution in [0.5, 0.6) is 0 Å². The first-order chi connectivity index (χ1) is 16.3. The molecular weight excluding hydrogens is 402 g/mol. The van der Waals surface area contributed by atoms with E-state index in [1.54, 1.807) is 0 Å². The van der Waals surface area contributed by atoms with Gasteiger partial charge >= 0.3 is 0 Å². The van der Waals surface area contributed by atoms with Gasteiger partial charge in [0.1, 0.15) is 11.2 Å². The highest BCUT2D eigenvalue weighted by Gasteiger charge is 2.19. The van der Waals surface area contributed by atoms with Gasteiger partial charge in [0.25, 0.3) is 0 Å². The van der Waals surface area contributed by atoms with E-state index in [9.17, 15) is 0 Å². The van der Waals surface area contributed by atoms with Crippen LogP contribution in [0, 0.1) is 0 Å². The third-order valence-corrected chi connectivity index (χ3v) is 6.98. The molecule has 0 amide bonds. The Morgan fingerprint density at radius 2 is 1.48 bits per heavy atom. The second kappa shape index (κ2) is 6.98. The Balaban J connectivity index is 1.48. The van der Waals surface area contributed by atoms with E-state index in [1.165, 1.54) is 43.7 Å². The van der Waals surface area contributed by atoms with E-state index in [0.29, 0.717) is 5.92 Å². The largest absolute Gasteiger partial charge is 0.456 e. The average molecular weight is 426 g/mol. The fraction of sp³-hybridized carbons (Fsp3) is 0.0968. The first-order valence-corrected chi connectivity index (χ1v) is 11.6. The first kappa shape index (κ1) is 18.5. The minimum Gasteiger partial charge on any atom is -0.456 e.